The first kappa shape index (κ1) is 11.1. The zero-order valence-corrected chi connectivity index (χ0v) is 9.32. The summed E-state index contributed by atoms with van der Waals surface area (Å²) in [6, 6.07) is 4.38. The van der Waals surface area contributed by atoms with E-state index in [2.05, 4.69) is 15.9 Å². The highest BCUT2D eigenvalue weighted by Crippen LogP contribution is 2.29. The highest BCUT2D eigenvalue weighted by Gasteiger charge is 2.26. The third-order valence-corrected chi connectivity index (χ3v) is 2.40. The summed E-state index contributed by atoms with van der Waals surface area (Å²) >= 11 is 3.05. The third-order valence-electron chi connectivity index (χ3n) is 1.95. The van der Waals surface area contributed by atoms with Gasteiger partial charge in [0.15, 0.2) is 11.6 Å². The molecule has 0 atom stereocenters. The second kappa shape index (κ2) is 3.66. The quantitative estimate of drug-likeness (QED) is 0.708. The summed E-state index contributed by atoms with van der Waals surface area (Å²) < 4.78 is 26.7. The van der Waals surface area contributed by atoms with Gasteiger partial charge in [-0.05, 0) is 26.0 Å². The number of hydrogen-bond acceptors (Lipinski definition) is 1. The van der Waals surface area contributed by atoms with E-state index in [1.54, 1.807) is 0 Å². The van der Waals surface area contributed by atoms with Crippen molar-refractivity contribution >= 4 is 15.9 Å². The lowest BCUT2D eigenvalue weighted by atomic mass is 9.86. The Bertz CT molecular complexity index is 407. The molecule has 1 aromatic rings. The van der Waals surface area contributed by atoms with Crippen molar-refractivity contribution in [1.29, 1.82) is 5.26 Å². The van der Waals surface area contributed by atoms with Crippen molar-refractivity contribution < 1.29 is 8.78 Å². The van der Waals surface area contributed by atoms with Gasteiger partial charge in [0.2, 0.25) is 0 Å². The number of rotatable bonds is 1. The van der Waals surface area contributed by atoms with Crippen LogP contribution in [0.3, 0.4) is 0 Å². The Morgan fingerprint density at radius 3 is 2.43 bits per heavy atom. The van der Waals surface area contributed by atoms with E-state index in [-0.39, 0.29) is 5.56 Å². The van der Waals surface area contributed by atoms with Gasteiger partial charge < -0.3 is 0 Å². The molecule has 0 aromatic heterocycles. The molecule has 0 bridgehead atoms. The van der Waals surface area contributed by atoms with Crippen LogP contribution in [0.1, 0.15) is 19.4 Å². The zero-order valence-electron chi connectivity index (χ0n) is 7.74. The van der Waals surface area contributed by atoms with Crippen molar-refractivity contribution in [2.24, 2.45) is 0 Å². The maximum absolute atomic E-state index is 13.3. The van der Waals surface area contributed by atoms with Gasteiger partial charge in [0.05, 0.1) is 11.5 Å². The van der Waals surface area contributed by atoms with Gasteiger partial charge in [0.1, 0.15) is 0 Å². The molecule has 14 heavy (non-hydrogen) atoms. The SMILES string of the molecule is CC(C)(C#N)c1cc(Br)cc(F)c1F. The first-order chi connectivity index (χ1) is 6.38. The van der Waals surface area contributed by atoms with Crippen LogP contribution in [0.5, 0.6) is 0 Å². The molecule has 0 amide bonds. The Hall–Kier alpha value is -0.950. The van der Waals surface area contributed by atoms with E-state index in [0.29, 0.717) is 4.47 Å². The Morgan fingerprint density at radius 2 is 1.93 bits per heavy atom. The van der Waals surface area contributed by atoms with E-state index in [4.69, 9.17) is 5.26 Å². The van der Waals surface area contributed by atoms with Gasteiger partial charge in [-0.15, -0.1) is 0 Å². The van der Waals surface area contributed by atoms with Crippen molar-refractivity contribution in [3.8, 4) is 6.07 Å². The average Bonchev–Trinajstić information content (AvgIpc) is 2.11. The fourth-order valence-corrected chi connectivity index (χ4v) is 1.50. The molecule has 4 heteroatoms. The van der Waals surface area contributed by atoms with Gasteiger partial charge in [-0.1, -0.05) is 15.9 Å². The number of halogens is 3. The van der Waals surface area contributed by atoms with Gasteiger partial charge in [-0.3, -0.25) is 0 Å². The summed E-state index contributed by atoms with van der Waals surface area (Å²) in [6.07, 6.45) is 0. The monoisotopic (exact) mass is 259 g/mol. The summed E-state index contributed by atoms with van der Waals surface area (Å²) in [4.78, 5) is 0. The van der Waals surface area contributed by atoms with Gasteiger partial charge >= 0.3 is 0 Å². The molecule has 1 nitrogen and oxygen atoms in total. The van der Waals surface area contributed by atoms with E-state index in [1.807, 2.05) is 6.07 Å². The molecule has 1 rings (SSSR count). The Morgan fingerprint density at radius 1 is 1.36 bits per heavy atom. The predicted octanol–water partition coefficient (Wildman–Crippen LogP) is 3.53. The second-order valence-electron chi connectivity index (χ2n) is 3.49. The van der Waals surface area contributed by atoms with Gasteiger partial charge in [-0.25, -0.2) is 8.78 Å². The summed E-state index contributed by atoms with van der Waals surface area (Å²) in [5.41, 5.74) is -0.971. The van der Waals surface area contributed by atoms with Crippen molar-refractivity contribution in [2.45, 2.75) is 19.3 Å². The van der Waals surface area contributed by atoms with Crippen LogP contribution in [0.15, 0.2) is 16.6 Å². The van der Waals surface area contributed by atoms with E-state index < -0.39 is 17.0 Å². The molecule has 0 spiro atoms. The van der Waals surface area contributed by atoms with Gasteiger partial charge in [0.25, 0.3) is 0 Å². The lowest BCUT2D eigenvalue weighted by Crippen LogP contribution is -2.17. The molecule has 0 heterocycles. The number of nitrogens with zero attached hydrogens (tertiary/aromatic N) is 1. The largest absolute Gasteiger partial charge is 0.204 e. The molecule has 0 saturated heterocycles. The molecular formula is C10H8BrF2N. The maximum atomic E-state index is 13.3. The molecule has 0 saturated carbocycles. The smallest absolute Gasteiger partial charge is 0.163 e. The molecule has 0 aliphatic heterocycles. The fourth-order valence-electron chi connectivity index (χ4n) is 1.07. The van der Waals surface area contributed by atoms with Crippen LogP contribution in [-0.4, -0.2) is 0 Å². The van der Waals surface area contributed by atoms with Crippen molar-refractivity contribution in [3.05, 3.63) is 33.8 Å². The predicted molar refractivity (Wildman–Crippen MR) is 52.7 cm³/mol. The number of hydrogen-bond donors (Lipinski definition) is 0. The van der Waals surface area contributed by atoms with Crippen LogP contribution in [-0.2, 0) is 5.41 Å². The second-order valence-corrected chi connectivity index (χ2v) is 4.40. The Balaban J connectivity index is 3.44. The summed E-state index contributed by atoms with van der Waals surface area (Å²) in [5.74, 6) is -1.91. The molecule has 1 aromatic carbocycles. The highest BCUT2D eigenvalue weighted by atomic mass is 79.9. The molecular weight excluding hydrogens is 252 g/mol. The first-order valence-electron chi connectivity index (χ1n) is 3.95. The standard InChI is InChI=1S/C10H8BrF2N/c1-10(2,5-14)7-3-6(11)4-8(12)9(7)13/h3-4H,1-2H3. The van der Waals surface area contributed by atoms with Crippen LogP contribution >= 0.6 is 15.9 Å². The van der Waals surface area contributed by atoms with Crippen LogP contribution < -0.4 is 0 Å². The van der Waals surface area contributed by atoms with E-state index in [9.17, 15) is 8.78 Å². The minimum Gasteiger partial charge on any atom is -0.204 e. The van der Waals surface area contributed by atoms with Crippen LogP contribution in [0, 0.1) is 23.0 Å². The number of nitriles is 1. The molecule has 0 unspecified atom stereocenters. The first-order valence-corrected chi connectivity index (χ1v) is 4.74. The average molecular weight is 260 g/mol. The molecule has 0 N–H and O–H groups in total. The zero-order chi connectivity index (χ0) is 10.9. The minimum absolute atomic E-state index is 0.0619. The third kappa shape index (κ3) is 1.93. The maximum Gasteiger partial charge on any atom is 0.163 e. The van der Waals surface area contributed by atoms with Gasteiger partial charge in [-0.2, -0.15) is 5.26 Å². The Labute approximate surface area is 89.5 Å². The summed E-state index contributed by atoms with van der Waals surface area (Å²) in [7, 11) is 0. The van der Waals surface area contributed by atoms with Crippen molar-refractivity contribution in [3.63, 3.8) is 0 Å². The topological polar surface area (TPSA) is 23.8 Å². The lowest BCUT2D eigenvalue weighted by molar-refractivity contribution is 0.480. The van der Waals surface area contributed by atoms with Crippen molar-refractivity contribution in [2.75, 3.05) is 0 Å². The molecule has 0 aliphatic rings. The summed E-state index contributed by atoms with van der Waals surface area (Å²) in [6.45, 7) is 3.08. The lowest BCUT2D eigenvalue weighted by Gasteiger charge is -2.17. The van der Waals surface area contributed by atoms with Crippen LogP contribution in [0.2, 0.25) is 0 Å². The molecule has 0 radical (unpaired) electrons. The molecule has 74 valence electrons. The van der Waals surface area contributed by atoms with E-state index >= 15 is 0 Å². The Kier molecular flexibility index (Phi) is 2.91. The number of benzene rings is 1. The highest BCUT2D eigenvalue weighted by molar-refractivity contribution is 9.10. The van der Waals surface area contributed by atoms with E-state index in [0.717, 1.165) is 6.07 Å². The van der Waals surface area contributed by atoms with Crippen LogP contribution in [0.4, 0.5) is 8.78 Å². The normalized spacial score (nSPS) is 11.1. The minimum atomic E-state index is -1.03. The molecule has 0 aliphatic carbocycles. The van der Waals surface area contributed by atoms with Gasteiger partial charge in [0, 0.05) is 10.0 Å². The van der Waals surface area contributed by atoms with Crippen LogP contribution in [0.25, 0.3) is 0 Å². The molecule has 0 fully saturated rings. The van der Waals surface area contributed by atoms with Crippen molar-refractivity contribution in [1.82, 2.24) is 0 Å². The van der Waals surface area contributed by atoms with E-state index in [1.165, 1.54) is 19.9 Å². The fraction of sp³-hybridized carbons (Fsp3) is 0.300. The summed E-state index contributed by atoms with van der Waals surface area (Å²) in [5, 5.41) is 8.80.